The SMILES string of the molecule is Cc1c(Cl)cccc1C(=O)NC(C)CCCl. The second-order valence-electron chi connectivity index (χ2n) is 3.76. The van der Waals surface area contributed by atoms with Crippen molar-refractivity contribution in [2.75, 3.05) is 5.88 Å². The minimum absolute atomic E-state index is 0.0726. The zero-order valence-corrected chi connectivity index (χ0v) is 10.9. The molecule has 0 fully saturated rings. The molecular weight excluding hydrogens is 245 g/mol. The van der Waals surface area contributed by atoms with Crippen molar-refractivity contribution in [3.63, 3.8) is 0 Å². The van der Waals surface area contributed by atoms with Crippen LogP contribution in [-0.2, 0) is 0 Å². The van der Waals surface area contributed by atoms with Gasteiger partial charge in [0.05, 0.1) is 0 Å². The summed E-state index contributed by atoms with van der Waals surface area (Å²) in [5.41, 5.74) is 1.42. The highest BCUT2D eigenvalue weighted by atomic mass is 35.5. The van der Waals surface area contributed by atoms with Gasteiger partial charge in [-0.15, -0.1) is 11.6 Å². The Bertz CT molecular complexity index is 379. The summed E-state index contributed by atoms with van der Waals surface area (Å²) in [7, 11) is 0. The molecule has 88 valence electrons. The topological polar surface area (TPSA) is 29.1 Å². The lowest BCUT2D eigenvalue weighted by atomic mass is 10.1. The quantitative estimate of drug-likeness (QED) is 0.826. The summed E-state index contributed by atoms with van der Waals surface area (Å²) in [6.07, 6.45) is 0.757. The maximum atomic E-state index is 11.9. The van der Waals surface area contributed by atoms with E-state index in [1.54, 1.807) is 18.2 Å². The highest BCUT2D eigenvalue weighted by Gasteiger charge is 2.12. The molecule has 1 aromatic carbocycles. The summed E-state index contributed by atoms with van der Waals surface area (Å²) >= 11 is 11.6. The number of carbonyl (C=O) groups excluding carboxylic acids is 1. The van der Waals surface area contributed by atoms with E-state index in [0.717, 1.165) is 12.0 Å². The minimum Gasteiger partial charge on any atom is -0.350 e. The molecule has 4 heteroatoms. The monoisotopic (exact) mass is 259 g/mol. The highest BCUT2D eigenvalue weighted by Crippen LogP contribution is 2.18. The van der Waals surface area contributed by atoms with Crippen LogP contribution in [0.2, 0.25) is 5.02 Å². The first-order chi connectivity index (χ1) is 7.56. The standard InChI is InChI=1S/C12H15Cl2NO/c1-8(6-7-13)15-12(16)10-4-3-5-11(14)9(10)2/h3-5,8H,6-7H2,1-2H3,(H,15,16). The van der Waals surface area contributed by atoms with E-state index in [0.29, 0.717) is 16.5 Å². The van der Waals surface area contributed by atoms with Gasteiger partial charge >= 0.3 is 0 Å². The molecule has 1 amide bonds. The first-order valence-corrected chi connectivity index (χ1v) is 6.09. The summed E-state index contributed by atoms with van der Waals surface area (Å²) in [6, 6.07) is 5.39. The van der Waals surface area contributed by atoms with E-state index in [2.05, 4.69) is 5.32 Å². The molecule has 0 bridgehead atoms. The van der Waals surface area contributed by atoms with E-state index >= 15 is 0 Å². The molecular formula is C12H15Cl2NO. The van der Waals surface area contributed by atoms with E-state index in [1.807, 2.05) is 13.8 Å². The van der Waals surface area contributed by atoms with Gasteiger partial charge in [-0.2, -0.15) is 0 Å². The summed E-state index contributed by atoms with van der Waals surface area (Å²) in [4.78, 5) is 11.9. The number of amides is 1. The number of rotatable bonds is 4. The first-order valence-electron chi connectivity index (χ1n) is 5.18. The Hall–Kier alpha value is -0.730. The summed E-state index contributed by atoms with van der Waals surface area (Å²) in [5, 5.41) is 3.49. The molecule has 1 unspecified atom stereocenters. The number of halogens is 2. The zero-order valence-electron chi connectivity index (χ0n) is 9.39. The van der Waals surface area contributed by atoms with E-state index in [4.69, 9.17) is 23.2 Å². The van der Waals surface area contributed by atoms with E-state index < -0.39 is 0 Å². The van der Waals surface area contributed by atoms with Crippen LogP contribution in [0.15, 0.2) is 18.2 Å². The van der Waals surface area contributed by atoms with Crippen LogP contribution in [0.5, 0.6) is 0 Å². The predicted octanol–water partition coefficient (Wildman–Crippen LogP) is 3.40. The van der Waals surface area contributed by atoms with Gasteiger partial charge in [-0.1, -0.05) is 17.7 Å². The molecule has 0 saturated heterocycles. The van der Waals surface area contributed by atoms with Crippen molar-refractivity contribution in [2.24, 2.45) is 0 Å². The van der Waals surface area contributed by atoms with Gasteiger partial charge in [-0.25, -0.2) is 0 Å². The van der Waals surface area contributed by atoms with Crippen molar-refractivity contribution in [2.45, 2.75) is 26.3 Å². The van der Waals surface area contributed by atoms with Gasteiger partial charge in [0.25, 0.3) is 5.91 Å². The van der Waals surface area contributed by atoms with Crippen LogP contribution in [0.4, 0.5) is 0 Å². The van der Waals surface area contributed by atoms with Crippen molar-refractivity contribution in [1.82, 2.24) is 5.32 Å². The predicted molar refractivity (Wildman–Crippen MR) is 68.5 cm³/mol. The van der Waals surface area contributed by atoms with Gasteiger partial charge in [-0.3, -0.25) is 4.79 Å². The molecule has 0 radical (unpaired) electrons. The normalized spacial score (nSPS) is 12.2. The maximum Gasteiger partial charge on any atom is 0.251 e. The molecule has 0 aliphatic rings. The Morgan fingerprint density at radius 1 is 1.50 bits per heavy atom. The Balaban J connectivity index is 2.77. The summed E-state index contributed by atoms with van der Waals surface area (Å²) in [5.74, 6) is 0.438. The summed E-state index contributed by atoms with van der Waals surface area (Å²) in [6.45, 7) is 3.77. The van der Waals surface area contributed by atoms with Gasteiger partial charge < -0.3 is 5.32 Å². The molecule has 1 rings (SSSR count). The Morgan fingerprint density at radius 2 is 2.19 bits per heavy atom. The molecule has 0 heterocycles. The van der Waals surface area contributed by atoms with E-state index in [1.165, 1.54) is 0 Å². The molecule has 0 saturated carbocycles. The molecule has 1 atom stereocenters. The Kier molecular flexibility index (Phi) is 5.10. The van der Waals surface area contributed by atoms with Crippen LogP contribution < -0.4 is 5.32 Å². The molecule has 0 aliphatic carbocycles. The molecule has 0 aromatic heterocycles. The van der Waals surface area contributed by atoms with Crippen LogP contribution in [-0.4, -0.2) is 17.8 Å². The average molecular weight is 260 g/mol. The third-order valence-corrected chi connectivity index (χ3v) is 3.06. The molecule has 0 aliphatic heterocycles. The average Bonchev–Trinajstić information content (AvgIpc) is 2.22. The largest absolute Gasteiger partial charge is 0.350 e. The third-order valence-electron chi connectivity index (χ3n) is 2.43. The molecule has 1 aromatic rings. The van der Waals surface area contributed by atoms with E-state index in [-0.39, 0.29) is 11.9 Å². The smallest absolute Gasteiger partial charge is 0.251 e. The third kappa shape index (κ3) is 3.39. The van der Waals surface area contributed by atoms with Crippen molar-refractivity contribution < 1.29 is 4.79 Å². The zero-order chi connectivity index (χ0) is 12.1. The molecule has 2 nitrogen and oxygen atoms in total. The van der Waals surface area contributed by atoms with Crippen LogP contribution in [0.3, 0.4) is 0 Å². The van der Waals surface area contributed by atoms with Gasteiger partial charge in [-0.05, 0) is 38.0 Å². The van der Waals surface area contributed by atoms with Crippen LogP contribution in [0.1, 0.15) is 29.3 Å². The van der Waals surface area contributed by atoms with E-state index in [9.17, 15) is 4.79 Å². The van der Waals surface area contributed by atoms with Crippen molar-refractivity contribution in [3.05, 3.63) is 34.3 Å². The lowest BCUT2D eigenvalue weighted by Gasteiger charge is -2.13. The molecule has 16 heavy (non-hydrogen) atoms. The van der Waals surface area contributed by atoms with Gasteiger partial charge in [0.15, 0.2) is 0 Å². The lowest BCUT2D eigenvalue weighted by molar-refractivity contribution is 0.0939. The second-order valence-corrected chi connectivity index (χ2v) is 4.55. The summed E-state index contributed by atoms with van der Waals surface area (Å²) < 4.78 is 0. The lowest BCUT2D eigenvalue weighted by Crippen LogP contribution is -2.33. The highest BCUT2D eigenvalue weighted by molar-refractivity contribution is 6.31. The van der Waals surface area contributed by atoms with Crippen LogP contribution in [0.25, 0.3) is 0 Å². The number of benzene rings is 1. The number of carbonyl (C=O) groups is 1. The number of nitrogens with one attached hydrogen (secondary N) is 1. The fourth-order valence-corrected chi connectivity index (χ4v) is 1.89. The number of alkyl halides is 1. The maximum absolute atomic E-state index is 11.9. The first kappa shape index (κ1) is 13.3. The minimum atomic E-state index is -0.0994. The molecule has 1 N–H and O–H groups in total. The number of hydrogen-bond acceptors (Lipinski definition) is 1. The fourth-order valence-electron chi connectivity index (χ4n) is 1.39. The Labute approximate surface area is 106 Å². The number of hydrogen-bond donors (Lipinski definition) is 1. The second kappa shape index (κ2) is 6.12. The van der Waals surface area contributed by atoms with Gasteiger partial charge in [0.2, 0.25) is 0 Å². The molecule has 0 spiro atoms. The van der Waals surface area contributed by atoms with Crippen LogP contribution in [0, 0.1) is 6.92 Å². The van der Waals surface area contributed by atoms with Crippen molar-refractivity contribution in [1.29, 1.82) is 0 Å². The van der Waals surface area contributed by atoms with Gasteiger partial charge in [0.1, 0.15) is 0 Å². The fraction of sp³-hybridized carbons (Fsp3) is 0.417. The van der Waals surface area contributed by atoms with Gasteiger partial charge in [0, 0.05) is 22.5 Å². The van der Waals surface area contributed by atoms with Crippen LogP contribution >= 0.6 is 23.2 Å². The van der Waals surface area contributed by atoms with Crippen molar-refractivity contribution in [3.8, 4) is 0 Å². The Morgan fingerprint density at radius 3 is 2.81 bits per heavy atom. The van der Waals surface area contributed by atoms with Crippen molar-refractivity contribution >= 4 is 29.1 Å².